The molecular weight excluding hydrogens is 136 g/mol. The summed E-state index contributed by atoms with van der Waals surface area (Å²) in [4.78, 5) is 10.3. The highest BCUT2D eigenvalue weighted by atomic mass is 16.7. The van der Waals surface area contributed by atoms with E-state index in [-0.39, 0.29) is 12.2 Å². The van der Waals surface area contributed by atoms with Gasteiger partial charge in [-0.3, -0.25) is 0 Å². The second kappa shape index (κ2) is 2.30. The van der Waals surface area contributed by atoms with Crippen LogP contribution in [0.15, 0.2) is 0 Å². The summed E-state index contributed by atoms with van der Waals surface area (Å²) in [7, 11) is 0. The van der Waals surface area contributed by atoms with Gasteiger partial charge in [-0.05, 0) is 0 Å². The predicted octanol–water partition coefficient (Wildman–Crippen LogP) is -0.674. The maximum absolute atomic E-state index is 10.3. The fourth-order valence-electron chi connectivity index (χ4n) is 1.27. The van der Waals surface area contributed by atoms with Crippen LogP contribution in [-0.4, -0.2) is 38.0 Å². The normalized spacial score (nSPS) is 45.4. The molecule has 2 aliphatic rings. The van der Waals surface area contributed by atoms with Crippen LogP contribution in [0.2, 0.25) is 0 Å². The Balaban J connectivity index is 2.07. The topological polar surface area (TPSA) is 44.8 Å². The maximum Gasteiger partial charge on any atom is 0.151 e. The zero-order chi connectivity index (χ0) is 6.97. The third-order valence-corrected chi connectivity index (χ3v) is 1.82. The minimum absolute atomic E-state index is 0.0183. The van der Waals surface area contributed by atoms with Gasteiger partial charge in [-0.2, -0.15) is 0 Å². The van der Waals surface area contributed by atoms with Crippen LogP contribution in [-0.2, 0) is 19.0 Å². The fourth-order valence-corrected chi connectivity index (χ4v) is 1.27. The zero-order valence-corrected chi connectivity index (χ0v) is 5.36. The third-order valence-electron chi connectivity index (χ3n) is 1.82. The van der Waals surface area contributed by atoms with Crippen LogP contribution in [0.3, 0.4) is 0 Å². The largest absolute Gasteiger partial charge is 0.365 e. The van der Waals surface area contributed by atoms with E-state index in [0.29, 0.717) is 13.4 Å². The quantitative estimate of drug-likeness (QED) is 0.458. The summed E-state index contributed by atoms with van der Waals surface area (Å²) < 4.78 is 15.3. The van der Waals surface area contributed by atoms with E-state index in [9.17, 15) is 4.79 Å². The first kappa shape index (κ1) is 6.27. The molecule has 2 rings (SSSR count). The van der Waals surface area contributed by atoms with Crippen molar-refractivity contribution in [2.24, 2.45) is 0 Å². The second-order valence-electron chi connectivity index (χ2n) is 2.39. The number of rotatable bonds is 1. The predicted molar refractivity (Wildman–Crippen MR) is 30.4 cm³/mol. The van der Waals surface area contributed by atoms with Gasteiger partial charge in [0.1, 0.15) is 25.1 Å². The molecule has 2 saturated heterocycles. The Morgan fingerprint density at radius 1 is 1.30 bits per heavy atom. The number of fused-ring (bicyclic) bond motifs is 1. The molecule has 0 bridgehead atoms. The van der Waals surface area contributed by atoms with Crippen LogP contribution >= 0.6 is 0 Å². The molecule has 2 fully saturated rings. The van der Waals surface area contributed by atoms with Gasteiger partial charge in [-0.15, -0.1) is 0 Å². The highest BCUT2D eigenvalue weighted by Crippen LogP contribution is 2.23. The molecule has 0 N–H and O–H groups in total. The average molecular weight is 144 g/mol. The van der Waals surface area contributed by atoms with Crippen molar-refractivity contribution < 1.29 is 19.0 Å². The van der Waals surface area contributed by atoms with Crippen LogP contribution in [0.1, 0.15) is 0 Å². The van der Waals surface area contributed by atoms with E-state index in [0.717, 1.165) is 6.29 Å². The average Bonchev–Trinajstić information content (AvgIpc) is 2.44. The molecule has 0 saturated carbocycles. The Bertz CT molecular complexity index is 147. The molecule has 0 amide bonds. The maximum atomic E-state index is 10.3. The van der Waals surface area contributed by atoms with Gasteiger partial charge >= 0.3 is 0 Å². The highest BCUT2D eigenvalue weighted by molar-refractivity contribution is 5.58. The van der Waals surface area contributed by atoms with Crippen molar-refractivity contribution in [1.82, 2.24) is 0 Å². The summed E-state index contributed by atoms with van der Waals surface area (Å²) in [6.45, 7) is 0.775. The second-order valence-corrected chi connectivity index (χ2v) is 2.39. The van der Waals surface area contributed by atoms with Gasteiger partial charge in [0.25, 0.3) is 0 Å². The van der Waals surface area contributed by atoms with Gasteiger partial charge in [-0.25, -0.2) is 0 Å². The zero-order valence-electron chi connectivity index (χ0n) is 5.36. The molecule has 2 heterocycles. The molecule has 0 aromatic rings. The molecule has 2 aliphatic heterocycles. The number of ether oxygens (including phenoxy) is 3. The number of carbonyl (C=O) groups is 1. The lowest BCUT2D eigenvalue weighted by molar-refractivity contribution is -0.121. The van der Waals surface area contributed by atoms with Crippen molar-refractivity contribution in [3.05, 3.63) is 0 Å². The molecule has 0 aliphatic carbocycles. The molecule has 3 atom stereocenters. The lowest BCUT2D eigenvalue weighted by Crippen LogP contribution is -2.28. The molecule has 4 heteroatoms. The van der Waals surface area contributed by atoms with E-state index in [2.05, 4.69) is 0 Å². The fraction of sp³-hybridized carbons (Fsp3) is 0.833. The van der Waals surface area contributed by atoms with Gasteiger partial charge in [0.05, 0.1) is 6.61 Å². The number of aldehydes is 1. The number of hydrogen-bond donors (Lipinski definition) is 0. The van der Waals surface area contributed by atoms with E-state index in [1.165, 1.54) is 0 Å². The molecular formula is C6H8O4. The Morgan fingerprint density at radius 3 is 3.00 bits per heavy atom. The van der Waals surface area contributed by atoms with Crippen LogP contribution in [0, 0.1) is 0 Å². The van der Waals surface area contributed by atoms with Gasteiger partial charge in [0.2, 0.25) is 0 Å². The van der Waals surface area contributed by atoms with Crippen molar-refractivity contribution >= 4 is 6.29 Å². The van der Waals surface area contributed by atoms with Crippen molar-refractivity contribution in [1.29, 1.82) is 0 Å². The Labute approximate surface area is 58.1 Å². The molecule has 0 aromatic carbocycles. The van der Waals surface area contributed by atoms with Gasteiger partial charge in [-0.1, -0.05) is 0 Å². The van der Waals surface area contributed by atoms with Crippen molar-refractivity contribution in [3.8, 4) is 0 Å². The summed E-state index contributed by atoms with van der Waals surface area (Å²) >= 11 is 0. The van der Waals surface area contributed by atoms with Crippen LogP contribution in [0.5, 0.6) is 0 Å². The highest BCUT2D eigenvalue weighted by Gasteiger charge is 2.42. The molecule has 4 nitrogen and oxygen atoms in total. The van der Waals surface area contributed by atoms with E-state index in [1.807, 2.05) is 0 Å². The first-order valence-corrected chi connectivity index (χ1v) is 3.22. The monoisotopic (exact) mass is 144 g/mol. The van der Waals surface area contributed by atoms with E-state index in [4.69, 9.17) is 14.2 Å². The summed E-state index contributed by atoms with van der Waals surface area (Å²) in [5, 5.41) is 0. The minimum Gasteiger partial charge on any atom is -0.365 e. The minimum atomic E-state index is -0.410. The Hall–Kier alpha value is -0.450. The lowest BCUT2D eigenvalue weighted by Gasteiger charge is -2.06. The first-order valence-electron chi connectivity index (χ1n) is 3.22. The summed E-state index contributed by atoms with van der Waals surface area (Å²) in [5.41, 5.74) is 0. The van der Waals surface area contributed by atoms with E-state index in [1.54, 1.807) is 0 Å². The number of hydrogen-bond acceptors (Lipinski definition) is 4. The van der Waals surface area contributed by atoms with Crippen LogP contribution in [0.25, 0.3) is 0 Å². The smallest absolute Gasteiger partial charge is 0.151 e. The molecule has 0 aromatic heterocycles. The lowest BCUT2D eigenvalue weighted by atomic mass is 10.2. The first-order chi connectivity index (χ1) is 4.92. The Morgan fingerprint density at radius 2 is 2.20 bits per heavy atom. The van der Waals surface area contributed by atoms with E-state index < -0.39 is 6.10 Å². The van der Waals surface area contributed by atoms with Gasteiger partial charge in [0.15, 0.2) is 6.29 Å². The summed E-state index contributed by atoms with van der Waals surface area (Å²) in [6, 6.07) is 0. The summed E-state index contributed by atoms with van der Waals surface area (Å²) in [6.07, 6.45) is 0.180. The summed E-state index contributed by atoms with van der Waals surface area (Å²) in [5.74, 6) is 0. The van der Waals surface area contributed by atoms with Crippen molar-refractivity contribution in [3.63, 3.8) is 0 Å². The molecule has 0 radical (unpaired) electrons. The van der Waals surface area contributed by atoms with Gasteiger partial charge in [0, 0.05) is 0 Å². The SMILES string of the molecule is O=CC1OCC2OCOC12. The van der Waals surface area contributed by atoms with Crippen LogP contribution in [0.4, 0.5) is 0 Å². The standard InChI is InChI=1S/C6H8O4/c7-1-4-6-5(2-8-4)9-3-10-6/h1,4-6H,2-3H2. The third kappa shape index (κ3) is 0.767. The molecule has 10 heavy (non-hydrogen) atoms. The van der Waals surface area contributed by atoms with Crippen molar-refractivity contribution in [2.45, 2.75) is 18.3 Å². The number of carbonyl (C=O) groups excluding carboxylic acids is 1. The van der Waals surface area contributed by atoms with Crippen molar-refractivity contribution in [2.75, 3.05) is 13.4 Å². The van der Waals surface area contributed by atoms with Gasteiger partial charge < -0.3 is 19.0 Å². The Kier molecular flexibility index (Phi) is 1.44. The van der Waals surface area contributed by atoms with E-state index >= 15 is 0 Å². The van der Waals surface area contributed by atoms with Crippen LogP contribution < -0.4 is 0 Å². The molecule has 3 unspecified atom stereocenters. The molecule has 0 spiro atoms. The molecule has 56 valence electrons.